The summed E-state index contributed by atoms with van der Waals surface area (Å²) in [6, 6.07) is 8.81. The van der Waals surface area contributed by atoms with Crippen LogP contribution in [0.1, 0.15) is 36.6 Å². The molecule has 0 aliphatic carbocycles. The van der Waals surface area contributed by atoms with E-state index >= 15 is 0 Å². The predicted octanol–water partition coefficient (Wildman–Crippen LogP) is 2.56. The largest absolute Gasteiger partial charge is 0.330 e. The van der Waals surface area contributed by atoms with Crippen LogP contribution in [-0.2, 0) is 13.0 Å². The van der Waals surface area contributed by atoms with Gasteiger partial charge in [0.05, 0.1) is 6.33 Å². The second-order valence-electron chi connectivity index (χ2n) is 4.95. The Bertz CT molecular complexity index is 483. The van der Waals surface area contributed by atoms with E-state index < -0.39 is 0 Å². The average molecular weight is 243 g/mol. The number of imidazole rings is 1. The molecule has 0 amide bonds. The first kappa shape index (κ1) is 12.8. The van der Waals surface area contributed by atoms with E-state index in [4.69, 9.17) is 5.73 Å². The molecule has 1 heterocycles. The summed E-state index contributed by atoms with van der Waals surface area (Å²) in [4.78, 5) is 4.19. The third-order valence-corrected chi connectivity index (χ3v) is 3.20. The first-order chi connectivity index (χ1) is 8.70. The molecule has 0 bridgehead atoms. The lowest BCUT2D eigenvalue weighted by Gasteiger charge is -2.09. The molecule has 0 saturated carbocycles. The fraction of sp³-hybridized carbons (Fsp3) is 0.400. The van der Waals surface area contributed by atoms with Crippen LogP contribution in [-0.4, -0.2) is 16.1 Å². The van der Waals surface area contributed by atoms with Gasteiger partial charge >= 0.3 is 0 Å². The Labute approximate surface area is 109 Å². The van der Waals surface area contributed by atoms with Crippen molar-refractivity contribution in [2.75, 3.05) is 6.54 Å². The van der Waals surface area contributed by atoms with Crippen LogP contribution in [0.2, 0.25) is 0 Å². The SMILES string of the molecule is CC(C)c1ccc(Cn2cncc2CCN)cc1. The number of rotatable bonds is 5. The molecular formula is C15H21N3. The standard InChI is InChI=1S/C15H21N3/c1-12(2)14-5-3-13(4-6-14)10-18-11-17-9-15(18)7-8-16/h3-6,9,11-12H,7-8,10,16H2,1-2H3. The second kappa shape index (κ2) is 5.83. The van der Waals surface area contributed by atoms with Crippen LogP contribution in [0, 0.1) is 0 Å². The maximum Gasteiger partial charge on any atom is 0.0951 e. The lowest BCUT2D eigenvalue weighted by Crippen LogP contribution is -2.09. The van der Waals surface area contributed by atoms with E-state index in [1.165, 1.54) is 16.8 Å². The van der Waals surface area contributed by atoms with E-state index in [1.807, 2.05) is 12.5 Å². The van der Waals surface area contributed by atoms with Gasteiger partial charge in [-0.25, -0.2) is 4.98 Å². The third kappa shape index (κ3) is 2.99. The summed E-state index contributed by atoms with van der Waals surface area (Å²) in [6.45, 7) is 5.96. The van der Waals surface area contributed by atoms with Gasteiger partial charge in [-0.3, -0.25) is 0 Å². The molecule has 0 saturated heterocycles. The molecule has 0 fully saturated rings. The van der Waals surface area contributed by atoms with Gasteiger partial charge in [0, 0.05) is 24.9 Å². The minimum Gasteiger partial charge on any atom is -0.330 e. The van der Waals surface area contributed by atoms with Crippen LogP contribution in [0.3, 0.4) is 0 Å². The molecule has 0 unspecified atom stereocenters. The van der Waals surface area contributed by atoms with Gasteiger partial charge in [0.25, 0.3) is 0 Å². The Hall–Kier alpha value is -1.61. The van der Waals surface area contributed by atoms with Gasteiger partial charge in [-0.15, -0.1) is 0 Å². The van der Waals surface area contributed by atoms with Crippen molar-refractivity contribution in [1.29, 1.82) is 0 Å². The number of benzene rings is 1. The third-order valence-electron chi connectivity index (χ3n) is 3.20. The summed E-state index contributed by atoms with van der Waals surface area (Å²) in [7, 11) is 0. The van der Waals surface area contributed by atoms with E-state index in [1.54, 1.807) is 0 Å². The van der Waals surface area contributed by atoms with Gasteiger partial charge in [-0.05, 0) is 23.6 Å². The predicted molar refractivity (Wildman–Crippen MR) is 74.6 cm³/mol. The molecule has 0 aliphatic rings. The lowest BCUT2D eigenvalue weighted by atomic mass is 10.0. The molecule has 3 heteroatoms. The van der Waals surface area contributed by atoms with E-state index in [2.05, 4.69) is 47.7 Å². The fourth-order valence-electron chi connectivity index (χ4n) is 2.05. The number of nitrogens with zero attached hydrogens (tertiary/aromatic N) is 2. The van der Waals surface area contributed by atoms with E-state index in [0.29, 0.717) is 12.5 Å². The lowest BCUT2D eigenvalue weighted by molar-refractivity contribution is 0.732. The molecular weight excluding hydrogens is 222 g/mol. The van der Waals surface area contributed by atoms with Crippen LogP contribution in [0.15, 0.2) is 36.8 Å². The Morgan fingerprint density at radius 1 is 1.22 bits per heavy atom. The highest BCUT2D eigenvalue weighted by Crippen LogP contribution is 2.15. The minimum atomic E-state index is 0.583. The summed E-state index contributed by atoms with van der Waals surface area (Å²) < 4.78 is 2.16. The van der Waals surface area contributed by atoms with Crippen molar-refractivity contribution >= 4 is 0 Å². The van der Waals surface area contributed by atoms with Gasteiger partial charge in [-0.1, -0.05) is 38.1 Å². The molecule has 2 N–H and O–H groups in total. The van der Waals surface area contributed by atoms with Crippen LogP contribution >= 0.6 is 0 Å². The summed E-state index contributed by atoms with van der Waals surface area (Å²) in [5.74, 6) is 0.583. The molecule has 96 valence electrons. The summed E-state index contributed by atoms with van der Waals surface area (Å²) >= 11 is 0. The molecule has 1 aromatic heterocycles. The highest BCUT2D eigenvalue weighted by atomic mass is 15.0. The molecule has 0 aliphatic heterocycles. The van der Waals surface area contributed by atoms with Crippen molar-refractivity contribution in [3.05, 3.63) is 53.6 Å². The smallest absolute Gasteiger partial charge is 0.0951 e. The maximum absolute atomic E-state index is 5.59. The number of aromatic nitrogens is 2. The molecule has 18 heavy (non-hydrogen) atoms. The Morgan fingerprint density at radius 2 is 1.94 bits per heavy atom. The van der Waals surface area contributed by atoms with Crippen LogP contribution in [0.5, 0.6) is 0 Å². The zero-order valence-corrected chi connectivity index (χ0v) is 11.1. The van der Waals surface area contributed by atoms with Gasteiger partial charge in [0.2, 0.25) is 0 Å². The number of hydrogen-bond acceptors (Lipinski definition) is 2. The van der Waals surface area contributed by atoms with E-state index in [9.17, 15) is 0 Å². The summed E-state index contributed by atoms with van der Waals surface area (Å²) in [5.41, 5.74) is 9.48. The van der Waals surface area contributed by atoms with E-state index in [0.717, 1.165) is 13.0 Å². The fourth-order valence-corrected chi connectivity index (χ4v) is 2.05. The molecule has 3 nitrogen and oxygen atoms in total. The normalized spacial score (nSPS) is 11.1. The van der Waals surface area contributed by atoms with Crippen LogP contribution in [0.4, 0.5) is 0 Å². The van der Waals surface area contributed by atoms with Crippen LogP contribution in [0.25, 0.3) is 0 Å². The summed E-state index contributed by atoms with van der Waals surface area (Å²) in [5, 5.41) is 0. The van der Waals surface area contributed by atoms with Gasteiger partial charge < -0.3 is 10.3 Å². The zero-order valence-electron chi connectivity index (χ0n) is 11.1. The molecule has 0 radical (unpaired) electrons. The molecule has 2 aromatic rings. The zero-order chi connectivity index (χ0) is 13.0. The molecule has 1 aromatic carbocycles. The summed E-state index contributed by atoms with van der Waals surface area (Å²) in [6.07, 6.45) is 4.65. The molecule has 0 atom stereocenters. The van der Waals surface area contributed by atoms with Crippen molar-refractivity contribution < 1.29 is 0 Å². The van der Waals surface area contributed by atoms with Crippen LogP contribution < -0.4 is 5.73 Å². The van der Waals surface area contributed by atoms with Crippen molar-refractivity contribution in [2.24, 2.45) is 5.73 Å². The van der Waals surface area contributed by atoms with Gasteiger partial charge in [0.1, 0.15) is 0 Å². The molecule has 0 spiro atoms. The maximum atomic E-state index is 5.59. The van der Waals surface area contributed by atoms with Crippen molar-refractivity contribution in [3.63, 3.8) is 0 Å². The van der Waals surface area contributed by atoms with Crippen molar-refractivity contribution in [1.82, 2.24) is 9.55 Å². The first-order valence-electron chi connectivity index (χ1n) is 6.48. The topological polar surface area (TPSA) is 43.8 Å². The van der Waals surface area contributed by atoms with Crippen molar-refractivity contribution in [2.45, 2.75) is 32.7 Å². The average Bonchev–Trinajstić information content (AvgIpc) is 2.78. The quantitative estimate of drug-likeness (QED) is 0.877. The van der Waals surface area contributed by atoms with Gasteiger partial charge in [0.15, 0.2) is 0 Å². The highest BCUT2D eigenvalue weighted by molar-refractivity contribution is 5.25. The highest BCUT2D eigenvalue weighted by Gasteiger charge is 2.03. The Balaban J connectivity index is 2.11. The Morgan fingerprint density at radius 3 is 2.56 bits per heavy atom. The van der Waals surface area contributed by atoms with E-state index in [-0.39, 0.29) is 0 Å². The second-order valence-corrected chi connectivity index (χ2v) is 4.95. The monoisotopic (exact) mass is 243 g/mol. The number of hydrogen-bond donors (Lipinski definition) is 1. The first-order valence-corrected chi connectivity index (χ1v) is 6.48. The van der Waals surface area contributed by atoms with Gasteiger partial charge in [-0.2, -0.15) is 0 Å². The number of nitrogens with two attached hydrogens (primary N) is 1. The molecule has 2 rings (SSSR count). The Kier molecular flexibility index (Phi) is 4.15. The van der Waals surface area contributed by atoms with Crippen molar-refractivity contribution in [3.8, 4) is 0 Å². The minimum absolute atomic E-state index is 0.583.